The molecule has 0 saturated heterocycles. The summed E-state index contributed by atoms with van der Waals surface area (Å²) in [5.74, 6) is 0.388. The van der Waals surface area contributed by atoms with Crippen molar-refractivity contribution >= 4 is 45.9 Å². The van der Waals surface area contributed by atoms with Crippen molar-refractivity contribution in [2.24, 2.45) is 0 Å². The minimum Gasteiger partial charge on any atom is -0.490 e. The maximum absolute atomic E-state index is 12.6. The van der Waals surface area contributed by atoms with Crippen LogP contribution < -0.4 is 14.8 Å². The third-order valence-electron chi connectivity index (χ3n) is 4.83. The zero-order chi connectivity index (χ0) is 25.4. The molecular weight excluding hydrogens is 561 g/mol. The lowest BCUT2D eigenvalue weighted by Gasteiger charge is -2.15. The van der Waals surface area contributed by atoms with E-state index in [2.05, 4.69) is 27.9 Å². The topological polar surface area (TPSA) is 114 Å². The van der Waals surface area contributed by atoms with Crippen molar-refractivity contribution < 1.29 is 19.2 Å². The molecule has 0 radical (unpaired) electrons. The first kappa shape index (κ1) is 25.7. The monoisotopic (exact) mass is 583 g/mol. The third kappa shape index (κ3) is 7.04. The summed E-state index contributed by atoms with van der Waals surface area (Å²) >= 11 is 2.12. The van der Waals surface area contributed by atoms with Crippen LogP contribution in [0.3, 0.4) is 0 Å². The Labute approximate surface area is 216 Å². The van der Waals surface area contributed by atoms with E-state index in [1.807, 2.05) is 44.2 Å². The van der Waals surface area contributed by atoms with Gasteiger partial charge in [0.15, 0.2) is 11.5 Å². The first-order chi connectivity index (χ1) is 16.8. The number of carbonyl (C=O) groups is 1. The van der Waals surface area contributed by atoms with Gasteiger partial charge in [0.05, 0.1) is 15.1 Å². The molecule has 3 aromatic rings. The molecule has 0 heterocycles. The van der Waals surface area contributed by atoms with E-state index < -0.39 is 10.8 Å². The summed E-state index contributed by atoms with van der Waals surface area (Å²) in [5.41, 5.74) is 2.64. The van der Waals surface area contributed by atoms with Crippen molar-refractivity contribution in [1.29, 1.82) is 5.26 Å². The molecule has 0 aliphatic carbocycles. The molecule has 35 heavy (non-hydrogen) atoms. The fourth-order valence-corrected chi connectivity index (χ4v) is 3.91. The smallest absolute Gasteiger partial charge is 0.271 e. The Balaban J connectivity index is 1.84. The molecule has 0 atom stereocenters. The van der Waals surface area contributed by atoms with Crippen LogP contribution in [0, 0.1) is 31.9 Å². The number of amides is 1. The first-order valence-electron chi connectivity index (χ1n) is 10.6. The van der Waals surface area contributed by atoms with Crippen LogP contribution in [0.5, 0.6) is 11.5 Å². The molecule has 0 aliphatic rings. The predicted molar refractivity (Wildman–Crippen MR) is 141 cm³/mol. The first-order valence-corrected chi connectivity index (χ1v) is 11.7. The van der Waals surface area contributed by atoms with Crippen molar-refractivity contribution in [3.63, 3.8) is 0 Å². The number of halogens is 1. The SMILES string of the molecule is CCOc1cc(/C=C(/C#N)C(=O)Nc2cccc([N+](=O)[O-])c2)cc(I)c1OCc1ccc(C)cc1. The molecule has 1 N–H and O–H groups in total. The van der Waals surface area contributed by atoms with Crippen LogP contribution in [-0.2, 0) is 11.4 Å². The van der Waals surface area contributed by atoms with Gasteiger partial charge < -0.3 is 14.8 Å². The Bertz CT molecular complexity index is 1310. The van der Waals surface area contributed by atoms with E-state index in [1.165, 1.54) is 30.3 Å². The molecule has 0 spiro atoms. The van der Waals surface area contributed by atoms with E-state index in [1.54, 1.807) is 12.1 Å². The van der Waals surface area contributed by atoms with Gasteiger partial charge in [-0.05, 0) is 71.8 Å². The molecule has 0 aromatic heterocycles. The van der Waals surface area contributed by atoms with Gasteiger partial charge in [-0.15, -0.1) is 0 Å². The van der Waals surface area contributed by atoms with Crippen LogP contribution in [0.2, 0.25) is 0 Å². The molecule has 3 aromatic carbocycles. The summed E-state index contributed by atoms with van der Waals surface area (Å²) in [4.78, 5) is 23.0. The van der Waals surface area contributed by atoms with Gasteiger partial charge in [-0.25, -0.2) is 0 Å². The average Bonchev–Trinajstić information content (AvgIpc) is 2.83. The number of nitriles is 1. The summed E-state index contributed by atoms with van der Waals surface area (Å²) < 4.78 is 12.6. The highest BCUT2D eigenvalue weighted by atomic mass is 127. The molecule has 0 aliphatic heterocycles. The Hall–Kier alpha value is -3.91. The second kappa shape index (κ2) is 12.0. The molecule has 0 fully saturated rings. The van der Waals surface area contributed by atoms with Gasteiger partial charge in [-0.1, -0.05) is 35.9 Å². The summed E-state index contributed by atoms with van der Waals surface area (Å²) in [6, 6.07) is 18.9. The second-order valence-corrected chi connectivity index (χ2v) is 8.63. The van der Waals surface area contributed by atoms with Crippen LogP contribution in [0.1, 0.15) is 23.6 Å². The fraction of sp³-hybridized carbons (Fsp3) is 0.154. The third-order valence-corrected chi connectivity index (χ3v) is 5.63. The zero-order valence-corrected chi connectivity index (χ0v) is 21.2. The molecule has 178 valence electrons. The van der Waals surface area contributed by atoms with Gasteiger partial charge in [0.25, 0.3) is 11.6 Å². The lowest BCUT2D eigenvalue weighted by molar-refractivity contribution is -0.384. The molecule has 9 heteroatoms. The molecule has 0 unspecified atom stereocenters. The number of nitrogens with zero attached hydrogens (tertiary/aromatic N) is 2. The Kier molecular flexibility index (Phi) is 8.80. The Morgan fingerprint density at radius 3 is 2.57 bits per heavy atom. The van der Waals surface area contributed by atoms with Gasteiger partial charge in [-0.2, -0.15) is 5.26 Å². The van der Waals surface area contributed by atoms with Gasteiger partial charge in [0.2, 0.25) is 0 Å². The summed E-state index contributed by atoms with van der Waals surface area (Å²) in [6.07, 6.45) is 1.43. The van der Waals surface area contributed by atoms with E-state index in [0.29, 0.717) is 30.3 Å². The van der Waals surface area contributed by atoms with E-state index in [-0.39, 0.29) is 16.9 Å². The van der Waals surface area contributed by atoms with E-state index in [0.717, 1.165) is 14.7 Å². The van der Waals surface area contributed by atoms with E-state index in [4.69, 9.17) is 9.47 Å². The van der Waals surface area contributed by atoms with Crippen LogP contribution in [0.4, 0.5) is 11.4 Å². The number of ether oxygens (including phenoxy) is 2. The van der Waals surface area contributed by atoms with Crippen molar-refractivity contribution in [2.45, 2.75) is 20.5 Å². The lowest BCUT2D eigenvalue weighted by atomic mass is 10.1. The standard InChI is InChI=1S/C26H22IN3O5/c1-3-34-24-13-19(12-23(27)25(24)35-16-18-9-7-17(2)8-10-18)11-20(15-28)26(31)29-21-5-4-6-22(14-21)30(32)33/h4-14H,3,16H2,1-2H3,(H,29,31)/b20-11-. The van der Waals surface area contributed by atoms with Crippen molar-refractivity contribution in [2.75, 3.05) is 11.9 Å². The number of benzene rings is 3. The molecule has 3 rings (SSSR count). The Morgan fingerprint density at radius 1 is 1.17 bits per heavy atom. The van der Waals surface area contributed by atoms with Crippen LogP contribution >= 0.6 is 22.6 Å². The number of hydrogen-bond donors (Lipinski definition) is 1. The molecule has 0 saturated carbocycles. The number of non-ortho nitro benzene ring substituents is 1. The van der Waals surface area contributed by atoms with Gasteiger partial charge in [-0.3, -0.25) is 14.9 Å². The van der Waals surface area contributed by atoms with Crippen LogP contribution in [0.15, 0.2) is 66.2 Å². The molecule has 8 nitrogen and oxygen atoms in total. The van der Waals surface area contributed by atoms with Gasteiger partial charge >= 0.3 is 0 Å². The second-order valence-electron chi connectivity index (χ2n) is 7.47. The van der Waals surface area contributed by atoms with Crippen molar-refractivity contribution in [3.05, 3.63) is 96.6 Å². The summed E-state index contributed by atoms with van der Waals surface area (Å²) in [7, 11) is 0. The maximum Gasteiger partial charge on any atom is 0.271 e. The maximum atomic E-state index is 12.6. The number of anilines is 1. The summed E-state index contributed by atoms with van der Waals surface area (Å²) in [5, 5.41) is 23.0. The normalized spacial score (nSPS) is 10.9. The molecule has 1 amide bonds. The molecule has 0 bridgehead atoms. The highest BCUT2D eigenvalue weighted by molar-refractivity contribution is 14.1. The van der Waals surface area contributed by atoms with Crippen molar-refractivity contribution in [3.8, 4) is 17.6 Å². The number of rotatable bonds is 9. The number of carbonyl (C=O) groups excluding carboxylic acids is 1. The number of aryl methyl sites for hydroxylation is 1. The fourth-order valence-electron chi connectivity index (χ4n) is 3.13. The minimum atomic E-state index is -0.680. The van der Waals surface area contributed by atoms with E-state index >= 15 is 0 Å². The number of hydrogen-bond acceptors (Lipinski definition) is 6. The molecular formula is C26H22IN3O5. The van der Waals surface area contributed by atoms with E-state index in [9.17, 15) is 20.2 Å². The predicted octanol–water partition coefficient (Wildman–Crippen LogP) is 6.03. The van der Waals surface area contributed by atoms with Gasteiger partial charge in [0, 0.05) is 17.8 Å². The average molecular weight is 583 g/mol. The van der Waals surface area contributed by atoms with Gasteiger partial charge in [0.1, 0.15) is 18.2 Å². The largest absolute Gasteiger partial charge is 0.490 e. The minimum absolute atomic E-state index is 0.164. The quantitative estimate of drug-likeness (QED) is 0.108. The summed E-state index contributed by atoms with van der Waals surface area (Å²) in [6.45, 7) is 4.64. The number of nitro groups is 1. The Morgan fingerprint density at radius 2 is 1.91 bits per heavy atom. The van der Waals surface area contributed by atoms with Crippen LogP contribution in [0.25, 0.3) is 6.08 Å². The van der Waals surface area contributed by atoms with Crippen LogP contribution in [-0.4, -0.2) is 17.4 Å². The number of nitrogens with one attached hydrogen (secondary N) is 1. The highest BCUT2D eigenvalue weighted by Gasteiger charge is 2.15. The van der Waals surface area contributed by atoms with Crippen molar-refractivity contribution in [1.82, 2.24) is 0 Å². The number of nitro benzene ring substituents is 1. The zero-order valence-electron chi connectivity index (χ0n) is 19.1. The highest BCUT2D eigenvalue weighted by Crippen LogP contribution is 2.35. The lowest BCUT2D eigenvalue weighted by Crippen LogP contribution is -2.13.